The van der Waals surface area contributed by atoms with Gasteiger partial charge in [0.15, 0.2) is 6.04 Å². The summed E-state index contributed by atoms with van der Waals surface area (Å²) in [7, 11) is 0. The molecule has 2 aliphatic rings. The van der Waals surface area contributed by atoms with Gasteiger partial charge in [-0.2, -0.15) is 10.2 Å². The minimum atomic E-state index is -1.20. The molecule has 1 aromatic carbocycles. The average Bonchev–Trinajstić information content (AvgIpc) is 3.27. The van der Waals surface area contributed by atoms with Crippen LogP contribution in [0.15, 0.2) is 36.5 Å². The van der Waals surface area contributed by atoms with E-state index in [1.807, 2.05) is 30.3 Å². The Morgan fingerprint density at radius 1 is 1.24 bits per heavy atom. The summed E-state index contributed by atoms with van der Waals surface area (Å²) in [5, 5.41) is 18.1. The van der Waals surface area contributed by atoms with Crippen LogP contribution in [0.1, 0.15) is 49.7 Å². The summed E-state index contributed by atoms with van der Waals surface area (Å²) >= 11 is 0. The van der Waals surface area contributed by atoms with Crippen LogP contribution in [0.5, 0.6) is 0 Å². The zero-order chi connectivity index (χ0) is 23.8. The summed E-state index contributed by atoms with van der Waals surface area (Å²) in [6.45, 7) is 6.07. The summed E-state index contributed by atoms with van der Waals surface area (Å²) in [6, 6.07) is 7.23. The van der Waals surface area contributed by atoms with Crippen LogP contribution in [0.3, 0.4) is 0 Å². The number of nitrogens with zero attached hydrogens (tertiary/aromatic N) is 4. The van der Waals surface area contributed by atoms with E-state index in [0.29, 0.717) is 11.3 Å². The molecule has 0 aliphatic carbocycles. The number of ether oxygens (including phenoxy) is 1. The first-order valence-corrected chi connectivity index (χ1v) is 10.7. The number of carbonyl (C=O) groups excluding carboxylic acids is 2. The molecule has 11 nitrogen and oxygen atoms in total. The third-order valence-corrected chi connectivity index (χ3v) is 5.37. The van der Waals surface area contributed by atoms with Crippen LogP contribution in [0.4, 0.5) is 9.59 Å². The number of fused-ring (bicyclic) bond motifs is 4. The highest BCUT2D eigenvalue weighted by atomic mass is 16.7. The number of carbonyl (C=O) groups is 3. The maximum Gasteiger partial charge on any atom is 0.407 e. The summed E-state index contributed by atoms with van der Waals surface area (Å²) in [4.78, 5) is 44.1. The Balaban J connectivity index is 1.51. The summed E-state index contributed by atoms with van der Waals surface area (Å²) in [5.74, 6) is -1.16. The Kier molecular flexibility index (Phi) is 5.98. The fourth-order valence-electron chi connectivity index (χ4n) is 4.02. The predicted molar refractivity (Wildman–Crippen MR) is 115 cm³/mol. The Morgan fingerprint density at radius 2 is 1.97 bits per heavy atom. The topological polar surface area (TPSA) is 126 Å². The molecular weight excluding hydrogens is 430 g/mol. The van der Waals surface area contributed by atoms with Crippen molar-refractivity contribution >= 4 is 18.1 Å². The number of aromatic nitrogens is 2. The van der Waals surface area contributed by atoms with E-state index in [1.54, 1.807) is 27.0 Å². The SMILES string of the molecule is CC(C)(C)OC(=O)NCCn1ncc2c1[C@@H](C(=O)O)N1C[C@@H]2N(OCc2ccccc2)C1=O. The molecule has 0 unspecified atom stereocenters. The number of hydrogen-bond acceptors (Lipinski definition) is 6. The summed E-state index contributed by atoms with van der Waals surface area (Å²) < 4.78 is 6.73. The predicted octanol–water partition coefficient (Wildman–Crippen LogP) is 2.46. The van der Waals surface area contributed by atoms with Crippen molar-refractivity contribution in [1.82, 2.24) is 25.1 Å². The highest BCUT2D eigenvalue weighted by molar-refractivity contribution is 5.86. The molecular formula is C22H27N5O6. The van der Waals surface area contributed by atoms with Crippen LogP contribution in [0.25, 0.3) is 0 Å². The minimum absolute atomic E-state index is 0.179. The van der Waals surface area contributed by atoms with Crippen molar-refractivity contribution in [2.75, 3.05) is 13.1 Å². The maximum absolute atomic E-state index is 13.0. The van der Waals surface area contributed by atoms with Gasteiger partial charge in [0.2, 0.25) is 0 Å². The smallest absolute Gasteiger partial charge is 0.407 e. The number of hydrogen-bond donors (Lipinski definition) is 2. The van der Waals surface area contributed by atoms with Crippen molar-refractivity contribution in [3.8, 4) is 0 Å². The summed E-state index contributed by atoms with van der Waals surface area (Å²) in [5.41, 5.74) is 1.29. The molecule has 1 saturated heterocycles. The molecule has 2 aliphatic heterocycles. The number of carboxylic acid groups (broad SMARTS) is 1. The van der Waals surface area contributed by atoms with E-state index in [9.17, 15) is 19.5 Å². The highest BCUT2D eigenvalue weighted by Gasteiger charge is 2.53. The lowest BCUT2D eigenvalue weighted by atomic mass is 9.98. The molecule has 1 fully saturated rings. The molecule has 176 valence electrons. The fraction of sp³-hybridized carbons (Fsp3) is 0.455. The normalized spacial score (nSPS) is 19.4. The first-order valence-electron chi connectivity index (χ1n) is 10.7. The Bertz CT molecular complexity index is 1050. The first-order chi connectivity index (χ1) is 15.7. The standard InChI is InChI=1S/C22H27N5O6/c1-22(2,3)33-20(30)23-9-10-26-17-15(11-24-26)16-12-25(18(17)19(28)29)21(31)27(16)32-13-14-7-5-4-6-8-14/h4-8,11,16,18H,9-10,12-13H2,1-3H3,(H,23,30)(H,28,29)/t16-,18-/m0/s1. The number of carboxylic acids is 1. The second-order valence-corrected chi connectivity index (χ2v) is 8.91. The average molecular weight is 457 g/mol. The van der Waals surface area contributed by atoms with E-state index < -0.39 is 35.8 Å². The van der Waals surface area contributed by atoms with E-state index in [0.717, 1.165) is 5.56 Å². The van der Waals surface area contributed by atoms with Crippen molar-refractivity contribution in [1.29, 1.82) is 0 Å². The molecule has 2 atom stereocenters. The Hall–Kier alpha value is -3.60. The van der Waals surface area contributed by atoms with Gasteiger partial charge >= 0.3 is 18.1 Å². The van der Waals surface area contributed by atoms with Gasteiger partial charge in [0, 0.05) is 12.1 Å². The molecule has 0 saturated carbocycles. The Labute approximate surface area is 190 Å². The van der Waals surface area contributed by atoms with Gasteiger partial charge in [-0.3, -0.25) is 9.52 Å². The second kappa shape index (κ2) is 8.74. The van der Waals surface area contributed by atoms with Crippen molar-refractivity contribution < 1.29 is 29.1 Å². The Morgan fingerprint density at radius 3 is 2.64 bits per heavy atom. The quantitative estimate of drug-likeness (QED) is 0.654. The lowest BCUT2D eigenvalue weighted by Crippen LogP contribution is -2.40. The molecule has 3 heterocycles. The maximum atomic E-state index is 13.0. The third kappa shape index (κ3) is 4.63. The van der Waals surface area contributed by atoms with Crippen molar-refractivity contribution in [2.45, 2.75) is 51.6 Å². The third-order valence-electron chi connectivity index (χ3n) is 5.37. The van der Waals surface area contributed by atoms with Gasteiger partial charge in [0.1, 0.15) is 18.2 Å². The number of rotatable bonds is 7. The van der Waals surface area contributed by atoms with Crippen LogP contribution in [-0.4, -0.2) is 61.6 Å². The van der Waals surface area contributed by atoms with Gasteiger partial charge < -0.3 is 20.1 Å². The van der Waals surface area contributed by atoms with Crippen LogP contribution >= 0.6 is 0 Å². The number of alkyl carbamates (subject to hydrolysis) is 1. The number of aliphatic carboxylic acids is 1. The zero-order valence-electron chi connectivity index (χ0n) is 18.7. The molecule has 3 amide bonds. The van der Waals surface area contributed by atoms with E-state index >= 15 is 0 Å². The van der Waals surface area contributed by atoms with Gasteiger partial charge in [-0.25, -0.2) is 14.4 Å². The fourth-order valence-corrected chi connectivity index (χ4v) is 4.02. The van der Waals surface area contributed by atoms with E-state index in [2.05, 4.69) is 10.4 Å². The molecule has 1 aromatic heterocycles. The van der Waals surface area contributed by atoms with E-state index in [1.165, 1.54) is 14.6 Å². The largest absolute Gasteiger partial charge is 0.479 e. The van der Waals surface area contributed by atoms with Crippen LogP contribution < -0.4 is 5.32 Å². The van der Waals surface area contributed by atoms with E-state index in [4.69, 9.17) is 9.57 Å². The second-order valence-electron chi connectivity index (χ2n) is 8.91. The highest BCUT2D eigenvalue weighted by Crippen LogP contribution is 2.44. The van der Waals surface area contributed by atoms with E-state index in [-0.39, 0.29) is 26.2 Å². The number of hydroxylamine groups is 2. The van der Waals surface area contributed by atoms with Crippen LogP contribution in [-0.2, 0) is 27.5 Å². The van der Waals surface area contributed by atoms with Gasteiger partial charge in [0.05, 0.1) is 25.0 Å². The number of benzene rings is 1. The lowest BCUT2D eigenvalue weighted by molar-refractivity contribution is -0.143. The molecule has 2 N–H and O–H groups in total. The molecule has 2 bridgehead atoms. The van der Waals surface area contributed by atoms with Gasteiger partial charge in [-0.15, -0.1) is 0 Å². The molecule has 2 aromatic rings. The zero-order valence-corrected chi connectivity index (χ0v) is 18.7. The molecule has 4 rings (SSSR count). The van der Waals surface area contributed by atoms with Crippen LogP contribution in [0.2, 0.25) is 0 Å². The van der Waals surface area contributed by atoms with Gasteiger partial charge in [-0.05, 0) is 26.3 Å². The lowest BCUT2D eigenvalue weighted by Gasteiger charge is -2.28. The van der Waals surface area contributed by atoms with Gasteiger partial charge in [0.25, 0.3) is 0 Å². The summed E-state index contributed by atoms with van der Waals surface area (Å²) in [6.07, 6.45) is 0.996. The minimum Gasteiger partial charge on any atom is -0.479 e. The monoisotopic (exact) mass is 457 g/mol. The van der Waals surface area contributed by atoms with Crippen molar-refractivity contribution in [2.24, 2.45) is 0 Å². The number of amides is 3. The van der Waals surface area contributed by atoms with Crippen LogP contribution in [0, 0.1) is 0 Å². The van der Waals surface area contributed by atoms with Crippen molar-refractivity contribution in [3.05, 3.63) is 53.3 Å². The first kappa shape index (κ1) is 22.6. The van der Waals surface area contributed by atoms with Crippen molar-refractivity contribution in [3.63, 3.8) is 0 Å². The number of urea groups is 1. The van der Waals surface area contributed by atoms with Gasteiger partial charge in [-0.1, -0.05) is 30.3 Å². The molecule has 0 spiro atoms. The molecule has 0 radical (unpaired) electrons. The number of nitrogens with one attached hydrogen (secondary N) is 1. The molecule has 33 heavy (non-hydrogen) atoms. The molecule has 11 heteroatoms.